The highest BCUT2D eigenvalue weighted by atomic mass is 16.6. The molecular formula is C15H20N2O2. The van der Waals surface area contributed by atoms with Gasteiger partial charge >= 0.3 is 0 Å². The van der Waals surface area contributed by atoms with E-state index in [1.807, 2.05) is 6.07 Å². The van der Waals surface area contributed by atoms with E-state index in [0.29, 0.717) is 0 Å². The second-order valence-corrected chi connectivity index (χ2v) is 4.43. The van der Waals surface area contributed by atoms with Crippen molar-refractivity contribution in [2.75, 3.05) is 6.54 Å². The third-order valence-electron chi connectivity index (χ3n) is 3.03. The summed E-state index contributed by atoms with van der Waals surface area (Å²) in [5.74, 6) is 2.62. The average molecular weight is 260 g/mol. The first-order valence-electron chi connectivity index (χ1n) is 6.60. The molecule has 0 saturated carbocycles. The SMILES string of the molecule is C#CCCCCNC(CC)c1cccc([N+](=O)[O-])c1. The first-order valence-corrected chi connectivity index (χ1v) is 6.60. The fraction of sp³-hybridized carbons (Fsp3) is 0.467. The van der Waals surface area contributed by atoms with Crippen molar-refractivity contribution in [1.29, 1.82) is 0 Å². The smallest absolute Gasteiger partial charge is 0.269 e. The third-order valence-corrected chi connectivity index (χ3v) is 3.03. The number of nitro groups is 1. The van der Waals surface area contributed by atoms with Crippen LogP contribution in [-0.4, -0.2) is 11.5 Å². The van der Waals surface area contributed by atoms with E-state index in [1.54, 1.807) is 12.1 Å². The van der Waals surface area contributed by atoms with Gasteiger partial charge in [0.15, 0.2) is 0 Å². The predicted octanol–water partition coefficient (Wildman–Crippen LogP) is 3.44. The molecule has 0 amide bonds. The lowest BCUT2D eigenvalue weighted by atomic mass is 10.0. The number of nitro benzene ring substituents is 1. The molecule has 102 valence electrons. The Hall–Kier alpha value is -1.86. The summed E-state index contributed by atoms with van der Waals surface area (Å²) in [4.78, 5) is 10.4. The number of terminal acetylenes is 1. The molecule has 19 heavy (non-hydrogen) atoms. The number of unbranched alkanes of at least 4 members (excludes halogenated alkanes) is 2. The summed E-state index contributed by atoms with van der Waals surface area (Å²) in [5.41, 5.74) is 1.11. The van der Waals surface area contributed by atoms with Gasteiger partial charge in [-0.15, -0.1) is 12.3 Å². The van der Waals surface area contributed by atoms with E-state index >= 15 is 0 Å². The molecule has 1 atom stereocenters. The van der Waals surface area contributed by atoms with Crippen LogP contribution in [0, 0.1) is 22.5 Å². The zero-order chi connectivity index (χ0) is 14.1. The van der Waals surface area contributed by atoms with Crippen molar-refractivity contribution in [3.8, 4) is 12.3 Å². The number of benzene rings is 1. The molecule has 1 unspecified atom stereocenters. The Morgan fingerprint density at radius 2 is 2.26 bits per heavy atom. The van der Waals surface area contributed by atoms with Crippen LogP contribution in [0.15, 0.2) is 24.3 Å². The largest absolute Gasteiger partial charge is 0.310 e. The van der Waals surface area contributed by atoms with Crippen LogP contribution < -0.4 is 5.32 Å². The highest BCUT2D eigenvalue weighted by molar-refractivity contribution is 5.35. The van der Waals surface area contributed by atoms with E-state index in [0.717, 1.165) is 37.8 Å². The van der Waals surface area contributed by atoms with Gasteiger partial charge in [-0.1, -0.05) is 19.1 Å². The molecule has 0 saturated heterocycles. The van der Waals surface area contributed by atoms with Crippen LogP contribution in [-0.2, 0) is 0 Å². The molecule has 0 aliphatic rings. The van der Waals surface area contributed by atoms with Gasteiger partial charge in [0.25, 0.3) is 5.69 Å². The number of hydrogen-bond acceptors (Lipinski definition) is 3. The van der Waals surface area contributed by atoms with Gasteiger partial charge in [-0.3, -0.25) is 10.1 Å². The zero-order valence-electron chi connectivity index (χ0n) is 11.3. The molecule has 4 heteroatoms. The van der Waals surface area contributed by atoms with Gasteiger partial charge in [-0.25, -0.2) is 0 Å². The first kappa shape index (κ1) is 15.2. The lowest BCUT2D eigenvalue weighted by Crippen LogP contribution is -2.21. The minimum Gasteiger partial charge on any atom is -0.310 e. The van der Waals surface area contributed by atoms with Crippen molar-refractivity contribution in [3.05, 3.63) is 39.9 Å². The van der Waals surface area contributed by atoms with E-state index in [1.165, 1.54) is 6.07 Å². The summed E-state index contributed by atoms with van der Waals surface area (Å²) in [5, 5.41) is 14.2. The standard InChI is InChI=1S/C15H20N2O2/c1-3-5-6-7-11-16-15(4-2)13-9-8-10-14(12-13)17(18)19/h1,8-10,12,15-16H,4-7,11H2,2H3. The van der Waals surface area contributed by atoms with Crippen LogP contribution >= 0.6 is 0 Å². The van der Waals surface area contributed by atoms with E-state index < -0.39 is 0 Å². The lowest BCUT2D eigenvalue weighted by Gasteiger charge is -2.17. The summed E-state index contributed by atoms with van der Waals surface area (Å²) in [6.45, 7) is 2.95. The van der Waals surface area contributed by atoms with Crippen molar-refractivity contribution < 1.29 is 4.92 Å². The molecule has 1 rings (SSSR count). The second kappa shape index (κ2) is 8.28. The molecule has 1 N–H and O–H groups in total. The molecular weight excluding hydrogens is 240 g/mol. The van der Waals surface area contributed by atoms with Crippen LogP contribution in [0.3, 0.4) is 0 Å². The van der Waals surface area contributed by atoms with Gasteiger partial charge in [0.2, 0.25) is 0 Å². The van der Waals surface area contributed by atoms with Gasteiger partial charge in [0.1, 0.15) is 0 Å². The summed E-state index contributed by atoms with van der Waals surface area (Å²) in [6, 6.07) is 6.98. The van der Waals surface area contributed by atoms with Gasteiger partial charge in [-0.2, -0.15) is 0 Å². The summed E-state index contributed by atoms with van der Waals surface area (Å²) < 4.78 is 0. The van der Waals surface area contributed by atoms with Crippen molar-refractivity contribution in [3.63, 3.8) is 0 Å². The lowest BCUT2D eigenvalue weighted by molar-refractivity contribution is -0.384. The van der Waals surface area contributed by atoms with E-state index in [-0.39, 0.29) is 16.7 Å². The van der Waals surface area contributed by atoms with Crippen molar-refractivity contribution in [1.82, 2.24) is 5.32 Å². The number of nitrogens with one attached hydrogen (secondary N) is 1. The monoisotopic (exact) mass is 260 g/mol. The van der Waals surface area contributed by atoms with Crippen LogP contribution in [0.1, 0.15) is 44.2 Å². The molecule has 0 bridgehead atoms. The number of hydrogen-bond donors (Lipinski definition) is 1. The molecule has 0 aliphatic heterocycles. The highest BCUT2D eigenvalue weighted by Gasteiger charge is 2.12. The van der Waals surface area contributed by atoms with Crippen molar-refractivity contribution >= 4 is 5.69 Å². The van der Waals surface area contributed by atoms with Crippen LogP contribution in [0.5, 0.6) is 0 Å². The van der Waals surface area contributed by atoms with Gasteiger partial charge in [0.05, 0.1) is 4.92 Å². The molecule has 1 aromatic carbocycles. The molecule has 0 fully saturated rings. The third kappa shape index (κ3) is 5.11. The molecule has 0 radical (unpaired) electrons. The van der Waals surface area contributed by atoms with Gasteiger partial charge < -0.3 is 5.32 Å². The average Bonchev–Trinajstić information content (AvgIpc) is 2.43. The summed E-state index contributed by atoms with van der Waals surface area (Å²) in [6.07, 6.45) is 8.93. The number of nitrogens with zero attached hydrogens (tertiary/aromatic N) is 1. The normalized spacial score (nSPS) is 11.8. The zero-order valence-corrected chi connectivity index (χ0v) is 11.3. The van der Waals surface area contributed by atoms with Crippen LogP contribution in [0.2, 0.25) is 0 Å². The molecule has 0 heterocycles. The van der Waals surface area contributed by atoms with E-state index in [9.17, 15) is 10.1 Å². The Kier molecular flexibility index (Phi) is 6.62. The van der Waals surface area contributed by atoms with Gasteiger partial charge in [0, 0.05) is 24.6 Å². The topological polar surface area (TPSA) is 55.2 Å². The van der Waals surface area contributed by atoms with Crippen LogP contribution in [0.25, 0.3) is 0 Å². The quantitative estimate of drug-likeness (QED) is 0.337. The fourth-order valence-corrected chi connectivity index (χ4v) is 1.98. The second-order valence-electron chi connectivity index (χ2n) is 4.43. The Morgan fingerprint density at radius 1 is 1.47 bits per heavy atom. The number of rotatable bonds is 8. The Morgan fingerprint density at radius 3 is 2.89 bits per heavy atom. The van der Waals surface area contributed by atoms with Crippen molar-refractivity contribution in [2.24, 2.45) is 0 Å². The fourth-order valence-electron chi connectivity index (χ4n) is 1.98. The predicted molar refractivity (Wildman–Crippen MR) is 76.8 cm³/mol. The van der Waals surface area contributed by atoms with E-state index in [2.05, 4.69) is 18.2 Å². The Labute approximate surface area is 114 Å². The molecule has 0 spiro atoms. The van der Waals surface area contributed by atoms with E-state index in [4.69, 9.17) is 6.42 Å². The maximum absolute atomic E-state index is 10.8. The maximum atomic E-state index is 10.8. The number of non-ortho nitro benzene ring substituents is 1. The maximum Gasteiger partial charge on any atom is 0.269 e. The molecule has 4 nitrogen and oxygen atoms in total. The molecule has 1 aromatic rings. The summed E-state index contributed by atoms with van der Waals surface area (Å²) >= 11 is 0. The first-order chi connectivity index (χ1) is 9.19. The van der Waals surface area contributed by atoms with Gasteiger partial charge in [-0.05, 0) is 31.4 Å². The molecule has 0 aliphatic carbocycles. The Bertz CT molecular complexity index is 452. The summed E-state index contributed by atoms with van der Waals surface area (Å²) in [7, 11) is 0. The molecule has 0 aromatic heterocycles. The highest BCUT2D eigenvalue weighted by Crippen LogP contribution is 2.21. The van der Waals surface area contributed by atoms with Crippen LogP contribution in [0.4, 0.5) is 5.69 Å². The minimum absolute atomic E-state index is 0.144. The van der Waals surface area contributed by atoms with Crippen molar-refractivity contribution in [2.45, 2.75) is 38.6 Å². The minimum atomic E-state index is -0.358. The Balaban J connectivity index is 2.57.